The molecule has 1 rings (SSSR count). The van der Waals surface area contributed by atoms with Crippen molar-refractivity contribution in [1.29, 1.82) is 0 Å². The molecule has 0 atom stereocenters. The molecule has 0 aliphatic heterocycles. The van der Waals surface area contributed by atoms with Crippen LogP contribution < -0.4 is 5.73 Å². The average Bonchev–Trinajstić information content (AvgIpc) is 2.36. The minimum absolute atomic E-state index is 0.192. The van der Waals surface area contributed by atoms with Crippen molar-refractivity contribution in [3.63, 3.8) is 0 Å². The number of nitrogens with zero attached hydrogens (tertiary/aromatic N) is 2. The van der Waals surface area contributed by atoms with Crippen LogP contribution in [0.25, 0.3) is 0 Å². The number of rotatable bonds is 6. The van der Waals surface area contributed by atoms with Gasteiger partial charge in [0.15, 0.2) is 0 Å². The van der Waals surface area contributed by atoms with Crippen LogP contribution in [0, 0.1) is 5.82 Å². The lowest BCUT2D eigenvalue weighted by Crippen LogP contribution is -2.28. The van der Waals surface area contributed by atoms with Gasteiger partial charge in [0, 0.05) is 25.1 Å². The lowest BCUT2D eigenvalue weighted by atomic mass is 10.2. The molecule has 0 aliphatic carbocycles. The molecule has 0 heterocycles. The highest BCUT2D eigenvalue weighted by atomic mass is 19.1. The molecule has 0 fully saturated rings. The molecule has 0 amide bonds. The number of nitrogens with two attached hydrogens (primary N) is 1. The highest BCUT2D eigenvalue weighted by Crippen LogP contribution is 2.09. The molecule has 0 bridgehead atoms. The fourth-order valence-electron chi connectivity index (χ4n) is 1.54. The number of halogens is 1. The number of hydrogen-bond donors (Lipinski definition) is 2. The van der Waals surface area contributed by atoms with Crippen molar-refractivity contribution in [2.24, 2.45) is 10.9 Å². The molecule has 0 unspecified atom stereocenters. The van der Waals surface area contributed by atoms with Gasteiger partial charge < -0.3 is 10.9 Å². The third-order valence-corrected chi connectivity index (χ3v) is 2.61. The van der Waals surface area contributed by atoms with Crippen molar-refractivity contribution in [3.8, 4) is 0 Å². The Morgan fingerprint density at radius 1 is 1.47 bits per heavy atom. The number of amidine groups is 1. The summed E-state index contributed by atoms with van der Waals surface area (Å²) in [5.41, 5.74) is 6.06. The monoisotopic (exact) mass is 239 g/mol. The Hall–Kier alpha value is -1.62. The van der Waals surface area contributed by atoms with E-state index in [0.717, 1.165) is 6.54 Å². The molecule has 3 N–H and O–H groups in total. The Balaban J connectivity index is 2.55. The first-order valence-electron chi connectivity index (χ1n) is 5.59. The third kappa shape index (κ3) is 4.40. The zero-order chi connectivity index (χ0) is 12.7. The summed E-state index contributed by atoms with van der Waals surface area (Å²) in [6, 6.07) is 6.70. The van der Waals surface area contributed by atoms with E-state index in [2.05, 4.69) is 5.16 Å². The molecular formula is C12H18FN3O. The average molecular weight is 239 g/mol. The number of oxime groups is 1. The van der Waals surface area contributed by atoms with E-state index in [4.69, 9.17) is 10.9 Å². The van der Waals surface area contributed by atoms with E-state index >= 15 is 0 Å². The van der Waals surface area contributed by atoms with Crippen molar-refractivity contribution in [1.82, 2.24) is 4.90 Å². The largest absolute Gasteiger partial charge is 0.409 e. The van der Waals surface area contributed by atoms with E-state index in [1.165, 1.54) is 6.07 Å². The lowest BCUT2D eigenvalue weighted by molar-refractivity contribution is 0.279. The van der Waals surface area contributed by atoms with Gasteiger partial charge in [-0.15, -0.1) is 0 Å². The third-order valence-electron chi connectivity index (χ3n) is 2.61. The highest BCUT2D eigenvalue weighted by molar-refractivity contribution is 5.79. The van der Waals surface area contributed by atoms with Gasteiger partial charge in [0.25, 0.3) is 0 Å². The second-order valence-corrected chi connectivity index (χ2v) is 3.80. The maximum Gasteiger partial charge on any atom is 0.140 e. The molecule has 94 valence electrons. The van der Waals surface area contributed by atoms with Crippen molar-refractivity contribution < 1.29 is 9.60 Å². The smallest absolute Gasteiger partial charge is 0.140 e. The van der Waals surface area contributed by atoms with Crippen LogP contribution in [0.2, 0.25) is 0 Å². The van der Waals surface area contributed by atoms with Gasteiger partial charge in [0.2, 0.25) is 0 Å². The molecule has 0 saturated carbocycles. The Morgan fingerprint density at radius 2 is 2.18 bits per heavy atom. The molecule has 1 aromatic carbocycles. The Labute approximate surface area is 101 Å². The summed E-state index contributed by atoms with van der Waals surface area (Å²) < 4.78 is 13.4. The molecule has 5 heteroatoms. The van der Waals surface area contributed by atoms with Gasteiger partial charge in [-0.25, -0.2) is 4.39 Å². The van der Waals surface area contributed by atoms with Gasteiger partial charge in [-0.2, -0.15) is 0 Å². The Kier molecular flexibility index (Phi) is 5.42. The van der Waals surface area contributed by atoms with Crippen LogP contribution in [0.3, 0.4) is 0 Å². The van der Waals surface area contributed by atoms with Crippen LogP contribution in [0.1, 0.15) is 18.9 Å². The molecule has 0 saturated heterocycles. The van der Waals surface area contributed by atoms with Crippen molar-refractivity contribution in [2.45, 2.75) is 19.9 Å². The van der Waals surface area contributed by atoms with Gasteiger partial charge in [-0.1, -0.05) is 30.3 Å². The van der Waals surface area contributed by atoms with Crippen molar-refractivity contribution in [2.75, 3.05) is 13.1 Å². The maximum absolute atomic E-state index is 13.4. The molecule has 4 nitrogen and oxygen atoms in total. The molecule has 0 radical (unpaired) electrons. The van der Waals surface area contributed by atoms with E-state index in [1.807, 2.05) is 17.9 Å². The van der Waals surface area contributed by atoms with Crippen LogP contribution in [0.15, 0.2) is 29.4 Å². The summed E-state index contributed by atoms with van der Waals surface area (Å²) in [7, 11) is 0. The molecule has 1 aromatic rings. The van der Waals surface area contributed by atoms with E-state index in [9.17, 15) is 4.39 Å². The SMILES string of the molecule is CCN(CC/C(N)=N/O)Cc1ccccc1F. The Morgan fingerprint density at radius 3 is 2.76 bits per heavy atom. The first kappa shape index (κ1) is 13.4. The Bertz CT molecular complexity index is 382. The summed E-state index contributed by atoms with van der Waals surface area (Å²) in [5, 5.41) is 11.4. The van der Waals surface area contributed by atoms with Gasteiger partial charge in [-0.3, -0.25) is 4.90 Å². The summed E-state index contributed by atoms with van der Waals surface area (Å²) >= 11 is 0. The van der Waals surface area contributed by atoms with Crippen molar-refractivity contribution >= 4 is 5.84 Å². The molecular weight excluding hydrogens is 221 g/mol. The van der Waals surface area contributed by atoms with Crippen LogP contribution >= 0.6 is 0 Å². The molecule has 0 aliphatic rings. The molecule has 0 aromatic heterocycles. The number of benzene rings is 1. The second kappa shape index (κ2) is 6.85. The fraction of sp³-hybridized carbons (Fsp3) is 0.417. The summed E-state index contributed by atoms with van der Waals surface area (Å²) in [5.74, 6) is -0.00766. The molecule has 17 heavy (non-hydrogen) atoms. The van der Waals surface area contributed by atoms with E-state index < -0.39 is 0 Å². The predicted octanol–water partition coefficient (Wildman–Crippen LogP) is 1.78. The number of hydrogen-bond acceptors (Lipinski definition) is 3. The zero-order valence-corrected chi connectivity index (χ0v) is 9.93. The summed E-state index contributed by atoms with van der Waals surface area (Å²) in [6.07, 6.45) is 0.471. The summed E-state index contributed by atoms with van der Waals surface area (Å²) in [6.45, 7) is 3.95. The zero-order valence-electron chi connectivity index (χ0n) is 9.93. The predicted molar refractivity (Wildman–Crippen MR) is 65.4 cm³/mol. The van der Waals surface area contributed by atoms with Crippen LogP contribution in [-0.4, -0.2) is 29.0 Å². The molecule has 0 spiro atoms. The van der Waals surface area contributed by atoms with E-state index in [1.54, 1.807) is 12.1 Å². The quantitative estimate of drug-likeness (QED) is 0.344. The fourth-order valence-corrected chi connectivity index (χ4v) is 1.54. The standard InChI is InChI=1S/C12H18FN3O/c1-2-16(8-7-12(14)15-17)9-10-5-3-4-6-11(10)13/h3-6,17H,2,7-9H2,1H3,(H2,14,15). The van der Waals surface area contributed by atoms with Crippen LogP contribution in [0.5, 0.6) is 0 Å². The van der Waals surface area contributed by atoms with E-state index in [-0.39, 0.29) is 11.7 Å². The minimum Gasteiger partial charge on any atom is -0.409 e. The van der Waals surface area contributed by atoms with Gasteiger partial charge >= 0.3 is 0 Å². The van der Waals surface area contributed by atoms with Gasteiger partial charge in [-0.05, 0) is 12.6 Å². The van der Waals surface area contributed by atoms with Gasteiger partial charge in [0.05, 0.1) is 0 Å². The normalized spacial score (nSPS) is 12.1. The first-order valence-corrected chi connectivity index (χ1v) is 5.59. The van der Waals surface area contributed by atoms with E-state index in [0.29, 0.717) is 25.1 Å². The van der Waals surface area contributed by atoms with Gasteiger partial charge in [0.1, 0.15) is 11.7 Å². The lowest BCUT2D eigenvalue weighted by Gasteiger charge is -2.20. The summed E-state index contributed by atoms with van der Waals surface area (Å²) in [4.78, 5) is 2.04. The highest BCUT2D eigenvalue weighted by Gasteiger charge is 2.07. The topological polar surface area (TPSA) is 61.8 Å². The first-order chi connectivity index (χ1) is 8.17. The van der Waals surface area contributed by atoms with Crippen LogP contribution in [-0.2, 0) is 6.54 Å². The van der Waals surface area contributed by atoms with Crippen molar-refractivity contribution in [3.05, 3.63) is 35.6 Å². The second-order valence-electron chi connectivity index (χ2n) is 3.80. The maximum atomic E-state index is 13.4. The van der Waals surface area contributed by atoms with Crippen LogP contribution in [0.4, 0.5) is 4.39 Å². The minimum atomic E-state index is -0.199.